The Kier molecular flexibility index (Phi) is 5.99. The third-order valence-corrected chi connectivity index (χ3v) is 4.14. The second-order valence-electron chi connectivity index (χ2n) is 7.52. The van der Waals surface area contributed by atoms with E-state index in [0.717, 1.165) is 11.8 Å². The van der Waals surface area contributed by atoms with E-state index >= 15 is 0 Å². The molecule has 1 aliphatic rings. The van der Waals surface area contributed by atoms with Crippen LogP contribution in [0.4, 0.5) is 0 Å². The van der Waals surface area contributed by atoms with Gasteiger partial charge < -0.3 is 5.73 Å². The predicted molar refractivity (Wildman–Crippen MR) is 77.0 cm³/mol. The molecule has 0 spiro atoms. The third-order valence-electron chi connectivity index (χ3n) is 4.14. The molecule has 0 aromatic rings. The Morgan fingerprint density at radius 2 is 1.59 bits per heavy atom. The predicted octanol–water partition coefficient (Wildman–Crippen LogP) is 4.75. The van der Waals surface area contributed by atoms with Gasteiger partial charge in [0.25, 0.3) is 0 Å². The van der Waals surface area contributed by atoms with Gasteiger partial charge in [-0.1, -0.05) is 53.4 Å². The first-order chi connectivity index (χ1) is 7.88. The summed E-state index contributed by atoms with van der Waals surface area (Å²) >= 11 is 0. The van der Waals surface area contributed by atoms with Crippen LogP contribution in [-0.4, -0.2) is 6.04 Å². The highest BCUT2D eigenvalue weighted by Gasteiger charge is 2.23. The lowest BCUT2D eigenvalue weighted by molar-refractivity contribution is 0.255. The molecule has 2 atom stereocenters. The van der Waals surface area contributed by atoms with Crippen molar-refractivity contribution in [3.05, 3.63) is 0 Å². The molecule has 0 heterocycles. The minimum Gasteiger partial charge on any atom is -0.327 e. The highest BCUT2D eigenvalue weighted by Crippen LogP contribution is 2.31. The van der Waals surface area contributed by atoms with Gasteiger partial charge in [-0.2, -0.15) is 0 Å². The van der Waals surface area contributed by atoms with Crippen LogP contribution < -0.4 is 5.73 Å². The zero-order valence-electron chi connectivity index (χ0n) is 12.5. The minimum atomic E-state index is 0.447. The molecule has 0 radical (unpaired) electrons. The smallest absolute Gasteiger partial charge is 0.00697 e. The maximum absolute atomic E-state index is 6.44. The van der Waals surface area contributed by atoms with Crippen molar-refractivity contribution in [2.24, 2.45) is 23.0 Å². The van der Waals surface area contributed by atoms with Crippen molar-refractivity contribution < 1.29 is 0 Å². The van der Waals surface area contributed by atoms with Gasteiger partial charge in [-0.05, 0) is 42.9 Å². The molecule has 0 aromatic heterocycles. The van der Waals surface area contributed by atoms with Gasteiger partial charge in [0.2, 0.25) is 0 Å². The Morgan fingerprint density at radius 1 is 1.06 bits per heavy atom. The maximum Gasteiger partial charge on any atom is 0.00697 e. The molecule has 102 valence electrons. The Labute approximate surface area is 109 Å². The van der Waals surface area contributed by atoms with Crippen LogP contribution in [0.1, 0.15) is 79.1 Å². The second kappa shape index (κ2) is 6.78. The fourth-order valence-electron chi connectivity index (χ4n) is 3.52. The monoisotopic (exact) mass is 239 g/mol. The van der Waals surface area contributed by atoms with Crippen molar-refractivity contribution in [1.29, 1.82) is 0 Å². The molecule has 0 amide bonds. The van der Waals surface area contributed by atoms with E-state index in [4.69, 9.17) is 5.73 Å². The summed E-state index contributed by atoms with van der Waals surface area (Å²) in [5, 5.41) is 0. The summed E-state index contributed by atoms with van der Waals surface area (Å²) in [6.45, 7) is 9.38. The van der Waals surface area contributed by atoms with E-state index in [1.54, 1.807) is 0 Å². The van der Waals surface area contributed by atoms with Gasteiger partial charge in [-0.3, -0.25) is 0 Å². The first-order valence-corrected chi connectivity index (χ1v) is 7.64. The molecule has 1 rings (SSSR count). The van der Waals surface area contributed by atoms with Crippen molar-refractivity contribution in [2.45, 2.75) is 85.1 Å². The fourth-order valence-corrected chi connectivity index (χ4v) is 3.52. The van der Waals surface area contributed by atoms with E-state index in [0.29, 0.717) is 11.5 Å². The van der Waals surface area contributed by atoms with Crippen LogP contribution in [0.3, 0.4) is 0 Å². The molecule has 2 unspecified atom stereocenters. The Hall–Kier alpha value is -0.0400. The van der Waals surface area contributed by atoms with Gasteiger partial charge in [0.05, 0.1) is 0 Å². The van der Waals surface area contributed by atoms with E-state index < -0.39 is 0 Å². The van der Waals surface area contributed by atoms with E-state index in [1.807, 2.05) is 0 Å². The summed E-state index contributed by atoms with van der Waals surface area (Å²) in [6, 6.07) is 0.449. The summed E-state index contributed by atoms with van der Waals surface area (Å²) in [5.74, 6) is 1.58. The Bertz CT molecular complexity index is 196. The van der Waals surface area contributed by atoms with Crippen LogP contribution >= 0.6 is 0 Å². The molecule has 1 aliphatic carbocycles. The zero-order valence-corrected chi connectivity index (χ0v) is 12.5. The second-order valence-corrected chi connectivity index (χ2v) is 7.52. The van der Waals surface area contributed by atoms with Gasteiger partial charge in [0.15, 0.2) is 0 Å². The largest absolute Gasteiger partial charge is 0.327 e. The third kappa shape index (κ3) is 6.45. The van der Waals surface area contributed by atoms with Crippen molar-refractivity contribution in [2.75, 3.05) is 0 Å². The molecule has 1 saturated carbocycles. The fraction of sp³-hybridized carbons (Fsp3) is 1.00. The first kappa shape index (κ1) is 15.0. The van der Waals surface area contributed by atoms with Crippen molar-refractivity contribution in [3.8, 4) is 0 Å². The van der Waals surface area contributed by atoms with Crippen LogP contribution in [0, 0.1) is 17.3 Å². The number of hydrogen-bond donors (Lipinski definition) is 1. The topological polar surface area (TPSA) is 26.0 Å². The molecular formula is C16H33N. The van der Waals surface area contributed by atoms with Gasteiger partial charge in [-0.15, -0.1) is 0 Å². The van der Waals surface area contributed by atoms with Crippen LogP contribution in [0.25, 0.3) is 0 Å². The van der Waals surface area contributed by atoms with Crippen LogP contribution in [-0.2, 0) is 0 Å². The summed E-state index contributed by atoms with van der Waals surface area (Å²) in [5.41, 5.74) is 6.88. The lowest BCUT2D eigenvalue weighted by atomic mass is 9.80. The lowest BCUT2D eigenvalue weighted by Crippen LogP contribution is -2.32. The lowest BCUT2D eigenvalue weighted by Gasteiger charge is -2.28. The molecule has 17 heavy (non-hydrogen) atoms. The van der Waals surface area contributed by atoms with Crippen molar-refractivity contribution in [3.63, 3.8) is 0 Å². The molecule has 0 saturated heterocycles. The molecule has 2 N–H and O–H groups in total. The van der Waals surface area contributed by atoms with Crippen molar-refractivity contribution >= 4 is 0 Å². The van der Waals surface area contributed by atoms with E-state index in [2.05, 4.69) is 27.7 Å². The van der Waals surface area contributed by atoms with E-state index in [9.17, 15) is 0 Å². The Balaban J connectivity index is 2.33. The normalized spacial score (nSPS) is 23.1. The first-order valence-electron chi connectivity index (χ1n) is 7.64. The molecule has 0 aliphatic heterocycles. The molecule has 0 bridgehead atoms. The molecule has 1 heteroatoms. The van der Waals surface area contributed by atoms with Crippen molar-refractivity contribution in [1.82, 2.24) is 0 Å². The number of hydrogen-bond acceptors (Lipinski definition) is 1. The highest BCUT2D eigenvalue weighted by atomic mass is 14.7. The molecular weight excluding hydrogens is 206 g/mol. The molecule has 1 nitrogen and oxygen atoms in total. The Morgan fingerprint density at radius 3 is 2.06 bits per heavy atom. The number of rotatable bonds is 4. The number of nitrogens with two attached hydrogens (primary N) is 1. The SMILES string of the molecule is CC(CC(N)C1CCCCCC1)CC(C)(C)C. The molecule has 0 aromatic carbocycles. The quantitative estimate of drug-likeness (QED) is 0.704. The van der Waals surface area contributed by atoms with Crippen LogP contribution in [0.2, 0.25) is 0 Å². The average Bonchev–Trinajstić information content (AvgIpc) is 2.41. The van der Waals surface area contributed by atoms with Gasteiger partial charge in [0, 0.05) is 6.04 Å². The van der Waals surface area contributed by atoms with Gasteiger partial charge in [0.1, 0.15) is 0 Å². The van der Waals surface area contributed by atoms with E-state index in [-0.39, 0.29) is 0 Å². The summed E-state index contributed by atoms with van der Waals surface area (Å²) in [4.78, 5) is 0. The molecule has 1 fully saturated rings. The summed E-state index contributed by atoms with van der Waals surface area (Å²) in [6.07, 6.45) is 11.0. The van der Waals surface area contributed by atoms with Crippen LogP contribution in [0.15, 0.2) is 0 Å². The summed E-state index contributed by atoms with van der Waals surface area (Å²) < 4.78 is 0. The zero-order chi connectivity index (χ0) is 12.9. The summed E-state index contributed by atoms with van der Waals surface area (Å²) in [7, 11) is 0. The maximum atomic E-state index is 6.44. The van der Waals surface area contributed by atoms with Gasteiger partial charge >= 0.3 is 0 Å². The highest BCUT2D eigenvalue weighted by molar-refractivity contribution is 4.78. The van der Waals surface area contributed by atoms with E-state index in [1.165, 1.54) is 51.4 Å². The van der Waals surface area contributed by atoms with Gasteiger partial charge in [-0.25, -0.2) is 0 Å². The standard InChI is InChI=1S/C16H33N/c1-13(12-16(2,3)4)11-15(17)14-9-7-5-6-8-10-14/h13-15H,5-12,17H2,1-4H3. The van der Waals surface area contributed by atoms with Crippen LogP contribution in [0.5, 0.6) is 0 Å². The average molecular weight is 239 g/mol. The minimum absolute atomic E-state index is 0.447.